The van der Waals surface area contributed by atoms with Gasteiger partial charge in [-0.25, -0.2) is 13.1 Å². The Morgan fingerprint density at radius 2 is 1.77 bits per heavy atom. The minimum Gasteiger partial charge on any atom is -0.383 e. The first-order chi connectivity index (χ1) is 12.3. The Labute approximate surface area is 154 Å². The van der Waals surface area contributed by atoms with Crippen molar-refractivity contribution in [2.24, 2.45) is 0 Å². The number of nitrogens with one attached hydrogen (secondary N) is 2. The summed E-state index contributed by atoms with van der Waals surface area (Å²) in [4.78, 5) is 12.3. The molecule has 1 atom stereocenters. The van der Waals surface area contributed by atoms with E-state index in [1.807, 2.05) is 31.2 Å². The molecule has 1 amide bonds. The van der Waals surface area contributed by atoms with Crippen molar-refractivity contribution in [1.82, 2.24) is 4.72 Å². The first kappa shape index (κ1) is 20.1. The van der Waals surface area contributed by atoms with Crippen molar-refractivity contribution in [3.8, 4) is 0 Å². The fourth-order valence-corrected chi connectivity index (χ4v) is 3.75. The highest BCUT2D eigenvalue weighted by molar-refractivity contribution is 7.89. The van der Waals surface area contributed by atoms with Gasteiger partial charge < -0.3 is 10.1 Å². The molecule has 0 fully saturated rings. The number of sulfonamides is 1. The van der Waals surface area contributed by atoms with E-state index in [4.69, 9.17) is 4.74 Å². The smallest absolute Gasteiger partial charge is 0.240 e. The third-order valence-corrected chi connectivity index (χ3v) is 5.44. The van der Waals surface area contributed by atoms with Crippen molar-refractivity contribution in [1.29, 1.82) is 0 Å². The maximum absolute atomic E-state index is 12.3. The van der Waals surface area contributed by atoms with Crippen molar-refractivity contribution in [2.75, 3.05) is 19.0 Å². The van der Waals surface area contributed by atoms with Crippen molar-refractivity contribution in [2.45, 2.75) is 31.2 Å². The van der Waals surface area contributed by atoms with Gasteiger partial charge >= 0.3 is 0 Å². The Bertz CT molecular complexity index is 848. The van der Waals surface area contributed by atoms with Crippen LogP contribution in [0.4, 0.5) is 5.69 Å². The summed E-state index contributed by atoms with van der Waals surface area (Å²) < 4.78 is 32.0. The molecule has 26 heavy (non-hydrogen) atoms. The molecule has 0 radical (unpaired) electrons. The molecule has 0 aliphatic rings. The van der Waals surface area contributed by atoms with Gasteiger partial charge in [-0.15, -0.1) is 0 Å². The van der Waals surface area contributed by atoms with Gasteiger partial charge in [-0.3, -0.25) is 4.79 Å². The van der Waals surface area contributed by atoms with E-state index in [9.17, 15) is 13.2 Å². The lowest BCUT2D eigenvalue weighted by molar-refractivity contribution is -0.115. The number of benzene rings is 2. The minimum absolute atomic E-state index is 0.136. The van der Waals surface area contributed by atoms with E-state index in [-0.39, 0.29) is 29.9 Å². The van der Waals surface area contributed by atoms with Crippen LogP contribution in [0.2, 0.25) is 0 Å². The Hall–Kier alpha value is -2.22. The Kier molecular flexibility index (Phi) is 6.90. The average Bonchev–Trinajstić information content (AvgIpc) is 2.57. The molecule has 0 aliphatic carbocycles. The molecular weight excluding hydrogens is 352 g/mol. The molecule has 1 unspecified atom stereocenters. The highest BCUT2D eigenvalue weighted by Crippen LogP contribution is 2.15. The summed E-state index contributed by atoms with van der Waals surface area (Å²) in [6.07, 6.45) is 0.267. The normalized spacial score (nSPS) is 12.6. The molecule has 0 aromatic heterocycles. The van der Waals surface area contributed by atoms with E-state index >= 15 is 0 Å². The third kappa shape index (κ3) is 5.66. The number of anilines is 1. The van der Waals surface area contributed by atoms with Crippen LogP contribution in [-0.4, -0.2) is 34.1 Å². The van der Waals surface area contributed by atoms with Gasteiger partial charge in [0.2, 0.25) is 15.9 Å². The van der Waals surface area contributed by atoms with Gasteiger partial charge in [-0.05, 0) is 49.2 Å². The molecular formula is C19H24N2O4S. The number of ether oxygens (including phenoxy) is 1. The van der Waals surface area contributed by atoms with E-state index in [2.05, 4.69) is 10.0 Å². The number of carbonyl (C=O) groups excluding carboxylic acids is 1. The molecule has 6 nitrogen and oxygen atoms in total. The first-order valence-corrected chi connectivity index (χ1v) is 9.76. The molecule has 140 valence electrons. The van der Waals surface area contributed by atoms with Crippen molar-refractivity contribution in [3.63, 3.8) is 0 Å². The first-order valence-electron chi connectivity index (χ1n) is 8.27. The van der Waals surface area contributed by atoms with Gasteiger partial charge in [0.05, 0.1) is 17.9 Å². The monoisotopic (exact) mass is 376 g/mol. The minimum atomic E-state index is -3.62. The van der Waals surface area contributed by atoms with Gasteiger partial charge in [0, 0.05) is 18.8 Å². The maximum atomic E-state index is 12.3. The van der Waals surface area contributed by atoms with Gasteiger partial charge in [-0.2, -0.15) is 0 Å². The van der Waals surface area contributed by atoms with Crippen LogP contribution in [0.1, 0.15) is 18.1 Å². The second-order valence-electron chi connectivity index (χ2n) is 6.15. The average molecular weight is 376 g/mol. The Balaban J connectivity index is 2.01. The lowest BCUT2D eigenvalue weighted by Crippen LogP contribution is -2.35. The van der Waals surface area contributed by atoms with Crippen LogP contribution in [0.25, 0.3) is 0 Å². The van der Waals surface area contributed by atoms with Gasteiger partial charge in [0.25, 0.3) is 0 Å². The summed E-state index contributed by atoms with van der Waals surface area (Å²) in [6.45, 7) is 3.97. The van der Waals surface area contributed by atoms with Crippen LogP contribution in [-0.2, 0) is 26.0 Å². The molecule has 0 bridgehead atoms. The van der Waals surface area contributed by atoms with Crippen LogP contribution in [0, 0.1) is 6.92 Å². The summed E-state index contributed by atoms with van der Waals surface area (Å²) in [5.41, 5.74) is 2.56. The van der Waals surface area contributed by atoms with Gasteiger partial charge in [0.1, 0.15) is 0 Å². The lowest BCUT2D eigenvalue weighted by atomic mass is 10.1. The second kappa shape index (κ2) is 8.93. The lowest BCUT2D eigenvalue weighted by Gasteiger charge is -2.13. The highest BCUT2D eigenvalue weighted by atomic mass is 32.2. The zero-order valence-electron chi connectivity index (χ0n) is 15.2. The van der Waals surface area contributed by atoms with Crippen molar-refractivity contribution in [3.05, 3.63) is 59.7 Å². The quantitative estimate of drug-likeness (QED) is 0.741. The summed E-state index contributed by atoms with van der Waals surface area (Å²) >= 11 is 0. The molecule has 7 heteroatoms. The van der Waals surface area contributed by atoms with Crippen LogP contribution in [0.5, 0.6) is 0 Å². The zero-order valence-corrected chi connectivity index (χ0v) is 16.0. The summed E-state index contributed by atoms with van der Waals surface area (Å²) in [5, 5.41) is 2.78. The van der Waals surface area contributed by atoms with Crippen molar-refractivity contribution >= 4 is 21.6 Å². The molecule has 2 N–H and O–H groups in total. The predicted molar refractivity (Wildman–Crippen MR) is 102 cm³/mol. The van der Waals surface area contributed by atoms with E-state index in [0.717, 1.165) is 11.1 Å². The number of carbonyl (C=O) groups is 1. The van der Waals surface area contributed by atoms with Crippen LogP contribution >= 0.6 is 0 Å². The number of hydrogen-bond donors (Lipinski definition) is 2. The van der Waals surface area contributed by atoms with Gasteiger partial charge in [0.15, 0.2) is 0 Å². The van der Waals surface area contributed by atoms with Gasteiger partial charge in [-0.1, -0.05) is 24.3 Å². The van der Waals surface area contributed by atoms with E-state index in [1.54, 1.807) is 19.1 Å². The topological polar surface area (TPSA) is 84.5 Å². The largest absolute Gasteiger partial charge is 0.383 e. The van der Waals surface area contributed by atoms with Crippen molar-refractivity contribution < 1.29 is 17.9 Å². The fourth-order valence-electron chi connectivity index (χ4n) is 2.52. The second-order valence-corrected chi connectivity index (χ2v) is 7.87. The molecule has 0 saturated carbocycles. The number of hydrogen-bond acceptors (Lipinski definition) is 4. The molecule has 0 saturated heterocycles. The molecule has 2 rings (SSSR count). The summed E-state index contributed by atoms with van der Waals surface area (Å²) in [5.74, 6) is -0.151. The van der Waals surface area contributed by atoms with E-state index in [1.165, 1.54) is 19.2 Å². The number of methoxy groups -OCH3 is 1. The van der Waals surface area contributed by atoms with Crippen LogP contribution < -0.4 is 10.0 Å². The van der Waals surface area contributed by atoms with Crippen LogP contribution in [0.15, 0.2) is 53.4 Å². The number of aryl methyl sites for hydroxylation is 1. The number of rotatable bonds is 8. The molecule has 2 aromatic rings. The summed E-state index contributed by atoms with van der Waals surface area (Å²) in [7, 11) is -2.11. The standard InChI is InChI=1S/C19H24N2O4S/c1-14-6-4-5-7-16(14)12-19(22)20-17-8-10-18(11-9-17)26(23,24)21-15(2)13-25-3/h4-11,15,21H,12-13H2,1-3H3,(H,20,22). The molecule has 0 heterocycles. The molecule has 2 aromatic carbocycles. The van der Waals surface area contributed by atoms with Crippen LogP contribution in [0.3, 0.4) is 0 Å². The fraction of sp³-hybridized carbons (Fsp3) is 0.316. The Morgan fingerprint density at radius 3 is 2.38 bits per heavy atom. The zero-order chi connectivity index (χ0) is 19.2. The Morgan fingerprint density at radius 1 is 1.12 bits per heavy atom. The van der Waals surface area contributed by atoms with E-state index in [0.29, 0.717) is 5.69 Å². The number of amides is 1. The molecule has 0 aliphatic heterocycles. The third-order valence-electron chi connectivity index (χ3n) is 3.83. The predicted octanol–water partition coefficient (Wildman–Crippen LogP) is 2.49. The van der Waals surface area contributed by atoms with E-state index < -0.39 is 10.0 Å². The maximum Gasteiger partial charge on any atom is 0.240 e. The SMILES string of the molecule is COCC(C)NS(=O)(=O)c1ccc(NC(=O)Cc2ccccc2C)cc1. The highest BCUT2D eigenvalue weighted by Gasteiger charge is 2.17. The molecule has 0 spiro atoms. The summed E-state index contributed by atoms with van der Waals surface area (Å²) in [6, 6.07) is 13.4.